The molecular formula is C17H21FN2O5S. The van der Waals surface area contributed by atoms with Gasteiger partial charge in [-0.05, 0) is 31.0 Å². The lowest BCUT2D eigenvalue weighted by Crippen LogP contribution is -2.62. The molecule has 0 spiro atoms. The third-order valence-corrected chi connectivity index (χ3v) is 6.83. The molecule has 0 N–H and O–H groups in total. The number of rotatable bonds is 3. The van der Waals surface area contributed by atoms with Crippen molar-refractivity contribution in [2.45, 2.75) is 36.0 Å². The molecule has 4 rings (SSSR count). The van der Waals surface area contributed by atoms with Crippen LogP contribution in [0.15, 0.2) is 29.2 Å². The number of fused-ring (bicyclic) bond motifs is 2. The summed E-state index contributed by atoms with van der Waals surface area (Å²) in [5, 5.41) is 0. The van der Waals surface area contributed by atoms with E-state index in [0.717, 1.165) is 18.9 Å². The summed E-state index contributed by atoms with van der Waals surface area (Å²) in [4.78, 5) is 14.2. The van der Waals surface area contributed by atoms with Crippen molar-refractivity contribution in [3.8, 4) is 0 Å². The Morgan fingerprint density at radius 2 is 1.88 bits per heavy atom. The van der Waals surface area contributed by atoms with E-state index in [4.69, 9.17) is 9.47 Å². The average Bonchev–Trinajstić information content (AvgIpc) is 3.14. The Hall–Kier alpha value is -1.55. The lowest BCUT2D eigenvalue weighted by atomic mass is 10.1. The van der Waals surface area contributed by atoms with Gasteiger partial charge in [-0.15, -0.1) is 0 Å². The smallest absolute Gasteiger partial charge is 0.251 e. The SMILES string of the molecule is O=C([C@@H]1CCCO1)N1C[C@@H]2CN(S(=O)(=O)c3cccc(F)c3)C[C@H](C1)O2. The first-order valence-electron chi connectivity index (χ1n) is 8.75. The second-order valence-corrected chi connectivity index (χ2v) is 8.84. The zero-order valence-corrected chi connectivity index (χ0v) is 15.0. The Morgan fingerprint density at radius 3 is 2.50 bits per heavy atom. The largest absolute Gasteiger partial charge is 0.369 e. The van der Waals surface area contributed by atoms with E-state index in [1.54, 1.807) is 4.90 Å². The zero-order chi connectivity index (χ0) is 18.3. The first-order valence-corrected chi connectivity index (χ1v) is 10.2. The predicted octanol–water partition coefficient (Wildman–Crippen LogP) is 0.605. The van der Waals surface area contributed by atoms with Crippen molar-refractivity contribution in [2.75, 3.05) is 32.8 Å². The van der Waals surface area contributed by atoms with Gasteiger partial charge in [-0.25, -0.2) is 12.8 Å². The highest BCUT2D eigenvalue weighted by atomic mass is 32.2. The second-order valence-electron chi connectivity index (χ2n) is 6.90. The number of nitrogens with zero attached hydrogens (tertiary/aromatic N) is 2. The number of amides is 1. The fraction of sp³-hybridized carbons (Fsp3) is 0.588. The summed E-state index contributed by atoms with van der Waals surface area (Å²) in [5.74, 6) is -0.630. The lowest BCUT2D eigenvalue weighted by molar-refractivity contribution is -0.162. The molecule has 0 aliphatic carbocycles. The van der Waals surface area contributed by atoms with Crippen LogP contribution in [0.5, 0.6) is 0 Å². The van der Waals surface area contributed by atoms with Crippen LogP contribution < -0.4 is 0 Å². The molecule has 7 nitrogen and oxygen atoms in total. The first-order chi connectivity index (χ1) is 12.4. The summed E-state index contributed by atoms with van der Waals surface area (Å²) in [6.07, 6.45) is 0.437. The van der Waals surface area contributed by atoms with Gasteiger partial charge >= 0.3 is 0 Å². The van der Waals surface area contributed by atoms with Gasteiger partial charge < -0.3 is 14.4 Å². The Morgan fingerprint density at radius 1 is 1.15 bits per heavy atom. The third kappa shape index (κ3) is 3.36. The highest BCUT2D eigenvalue weighted by Crippen LogP contribution is 2.26. The zero-order valence-electron chi connectivity index (χ0n) is 14.2. The molecule has 0 unspecified atom stereocenters. The molecule has 3 aliphatic rings. The minimum Gasteiger partial charge on any atom is -0.369 e. The van der Waals surface area contributed by atoms with Crippen molar-refractivity contribution in [1.82, 2.24) is 9.21 Å². The van der Waals surface area contributed by atoms with Crippen molar-refractivity contribution in [3.63, 3.8) is 0 Å². The summed E-state index contributed by atoms with van der Waals surface area (Å²) in [5.41, 5.74) is 0. The van der Waals surface area contributed by atoms with Gasteiger partial charge in [0.1, 0.15) is 11.9 Å². The lowest BCUT2D eigenvalue weighted by Gasteiger charge is -2.45. The van der Waals surface area contributed by atoms with Crippen LogP contribution in [0.25, 0.3) is 0 Å². The summed E-state index contributed by atoms with van der Waals surface area (Å²) in [6, 6.07) is 5.00. The van der Waals surface area contributed by atoms with Gasteiger partial charge in [0.05, 0.1) is 17.1 Å². The molecule has 26 heavy (non-hydrogen) atoms. The molecule has 142 valence electrons. The molecule has 1 aromatic carbocycles. The van der Waals surface area contributed by atoms with Crippen molar-refractivity contribution in [1.29, 1.82) is 0 Å². The van der Waals surface area contributed by atoms with Crippen molar-refractivity contribution < 1.29 is 27.1 Å². The quantitative estimate of drug-likeness (QED) is 0.763. The van der Waals surface area contributed by atoms with Gasteiger partial charge in [0.15, 0.2) is 0 Å². The molecule has 3 atom stereocenters. The van der Waals surface area contributed by atoms with Gasteiger partial charge in [0.25, 0.3) is 5.91 Å². The van der Waals surface area contributed by atoms with E-state index in [1.807, 2.05) is 0 Å². The summed E-state index contributed by atoms with van der Waals surface area (Å²) >= 11 is 0. The molecule has 0 aromatic heterocycles. The minimum absolute atomic E-state index is 0.0396. The minimum atomic E-state index is -3.79. The topological polar surface area (TPSA) is 76.2 Å². The molecule has 9 heteroatoms. The van der Waals surface area contributed by atoms with Gasteiger partial charge in [0, 0.05) is 32.8 Å². The van der Waals surface area contributed by atoms with Crippen molar-refractivity contribution in [2.24, 2.45) is 0 Å². The van der Waals surface area contributed by atoms with E-state index >= 15 is 0 Å². The predicted molar refractivity (Wildman–Crippen MR) is 89.4 cm³/mol. The highest BCUT2D eigenvalue weighted by Gasteiger charge is 2.42. The number of hydrogen-bond acceptors (Lipinski definition) is 5. The van der Waals surface area contributed by atoms with Crippen LogP contribution in [0.1, 0.15) is 12.8 Å². The first kappa shape index (κ1) is 17.8. The Kier molecular flexibility index (Phi) is 4.72. The number of carbonyl (C=O) groups excluding carboxylic acids is 1. The molecule has 0 saturated carbocycles. The van der Waals surface area contributed by atoms with E-state index in [1.165, 1.54) is 22.5 Å². The maximum absolute atomic E-state index is 13.4. The van der Waals surface area contributed by atoms with Crippen LogP contribution in [0.3, 0.4) is 0 Å². The molecular weight excluding hydrogens is 363 g/mol. The summed E-state index contributed by atoms with van der Waals surface area (Å²) in [6.45, 7) is 1.57. The van der Waals surface area contributed by atoms with Crippen molar-refractivity contribution >= 4 is 15.9 Å². The number of sulfonamides is 1. The van der Waals surface area contributed by atoms with Gasteiger partial charge in [-0.2, -0.15) is 4.31 Å². The number of hydrogen-bond donors (Lipinski definition) is 0. The van der Waals surface area contributed by atoms with Gasteiger partial charge in [0.2, 0.25) is 10.0 Å². The summed E-state index contributed by atoms with van der Waals surface area (Å²) < 4.78 is 51.6. The molecule has 1 amide bonds. The number of morpholine rings is 2. The number of ether oxygens (including phenoxy) is 2. The van der Waals surface area contributed by atoms with Gasteiger partial charge in [-0.3, -0.25) is 4.79 Å². The van der Waals surface area contributed by atoms with E-state index in [0.29, 0.717) is 19.7 Å². The van der Waals surface area contributed by atoms with E-state index < -0.39 is 28.0 Å². The number of halogens is 1. The Balaban J connectivity index is 1.47. The normalized spacial score (nSPS) is 29.7. The molecule has 3 fully saturated rings. The fourth-order valence-electron chi connectivity index (χ4n) is 3.78. The standard InChI is InChI=1S/C17H21FN2O5S/c18-12-3-1-4-15(7-12)26(22,23)20-10-13-8-19(9-14(11-20)25-13)17(21)16-5-2-6-24-16/h1,3-4,7,13-14,16H,2,5-6,8-11H2/t13-,14+,16-/m0/s1. The molecule has 3 aliphatic heterocycles. The fourth-order valence-corrected chi connectivity index (χ4v) is 5.32. The maximum Gasteiger partial charge on any atom is 0.251 e. The molecule has 2 bridgehead atoms. The van der Waals surface area contributed by atoms with Crippen molar-refractivity contribution in [3.05, 3.63) is 30.1 Å². The van der Waals surface area contributed by atoms with Crippen LogP contribution in [0, 0.1) is 5.82 Å². The Bertz CT molecular complexity index is 782. The summed E-state index contributed by atoms with van der Waals surface area (Å²) in [7, 11) is -3.79. The van der Waals surface area contributed by atoms with Crippen LogP contribution in [-0.2, 0) is 24.3 Å². The molecule has 3 heterocycles. The average molecular weight is 384 g/mol. The van der Waals surface area contributed by atoms with E-state index in [-0.39, 0.29) is 30.0 Å². The molecule has 1 aromatic rings. The molecule has 0 radical (unpaired) electrons. The van der Waals surface area contributed by atoms with Crippen LogP contribution in [-0.4, -0.2) is 74.6 Å². The van der Waals surface area contributed by atoms with Crippen LogP contribution >= 0.6 is 0 Å². The monoisotopic (exact) mass is 384 g/mol. The maximum atomic E-state index is 13.4. The number of benzene rings is 1. The van der Waals surface area contributed by atoms with Crippen LogP contribution in [0.4, 0.5) is 4.39 Å². The Labute approximate surface area is 151 Å². The molecule has 3 saturated heterocycles. The van der Waals surface area contributed by atoms with Crippen LogP contribution in [0.2, 0.25) is 0 Å². The van der Waals surface area contributed by atoms with Gasteiger partial charge in [-0.1, -0.05) is 6.07 Å². The third-order valence-electron chi connectivity index (χ3n) is 5.00. The second kappa shape index (κ2) is 6.88. The van der Waals surface area contributed by atoms with E-state index in [9.17, 15) is 17.6 Å². The highest BCUT2D eigenvalue weighted by molar-refractivity contribution is 7.89. The van der Waals surface area contributed by atoms with E-state index in [2.05, 4.69) is 0 Å². The number of carbonyl (C=O) groups is 1.